The minimum absolute atomic E-state index is 0.725. The summed E-state index contributed by atoms with van der Waals surface area (Å²) in [6.45, 7) is 11.0. The Hall–Kier alpha value is -1.63. The van der Waals surface area contributed by atoms with Gasteiger partial charge in [-0.3, -0.25) is 4.98 Å². The van der Waals surface area contributed by atoms with E-state index in [4.69, 9.17) is 4.98 Å². The van der Waals surface area contributed by atoms with Crippen molar-refractivity contribution in [2.24, 2.45) is 5.92 Å². The zero-order valence-electron chi connectivity index (χ0n) is 13.3. The minimum atomic E-state index is 0.725. The number of aryl methyl sites for hydroxylation is 4. The van der Waals surface area contributed by atoms with Gasteiger partial charge >= 0.3 is 0 Å². The molecule has 0 atom stereocenters. The number of pyridine rings is 1. The Bertz CT molecular complexity index is 573. The highest BCUT2D eigenvalue weighted by molar-refractivity contribution is 5.68. The van der Waals surface area contributed by atoms with Crippen LogP contribution < -0.4 is 0 Å². The first kappa shape index (κ1) is 14.8. The van der Waals surface area contributed by atoms with Gasteiger partial charge < -0.3 is 0 Å². The summed E-state index contributed by atoms with van der Waals surface area (Å²) in [5.74, 6) is 0.725. The average Bonchev–Trinajstić information content (AvgIpc) is 2.35. The van der Waals surface area contributed by atoms with Gasteiger partial charge in [0.1, 0.15) is 0 Å². The van der Waals surface area contributed by atoms with Gasteiger partial charge in [0.05, 0.1) is 5.69 Å². The Balaban J connectivity index is 2.36. The Labute approximate surface area is 123 Å². The molecule has 0 unspecified atom stereocenters. The van der Waals surface area contributed by atoms with E-state index in [1.165, 1.54) is 34.4 Å². The molecule has 0 saturated carbocycles. The Kier molecular flexibility index (Phi) is 4.59. The molecule has 2 aromatic rings. The predicted octanol–water partition coefficient (Wildman–Crippen LogP) is 5.26. The number of hydrogen-bond acceptors (Lipinski definition) is 1. The summed E-state index contributed by atoms with van der Waals surface area (Å²) in [6, 6.07) is 10.9. The van der Waals surface area contributed by atoms with E-state index in [0.29, 0.717) is 0 Å². The second-order valence-electron chi connectivity index (χ2n) is 6.22. The lowest BCUT2D eigenvalue weighted by Crippen LogP contribution is -1.98. The summed E-state index contributed by atoms with van der Waals surface area (Å²) >= 11 is 0. The molecular weight excluding hydrogens is 242 g/mol. The molecule has 0 amide bonds. The fourth-order valence-electron chi connectivity index (χ4n) is 2.78. The molecule has 0 radical (unpaired) electrons. The van der Waals surface area contributed by atoms with Crippen LogP contribution in [0.25, 0.3) is 11.3 Å². The Morgan fingerprint density at radius 1 is 1.00 bits per heavy atom. The molecule has 1 heteroatoms. The monoisotopic (exact) mass is 267 g/mol. The van der Waals surface area contributed by atoms with E-state index >= 15 is 0 Å². The predicted molar refractivity (Wildman–Crippen MR) is 87.0 cm³/mol. The summed E-state index contributed by atoms with van der Waals surface area (Å²) in [5.41, 5.74) is 7.56. The fraction of sp³-hybridized carbons (Fsp3) is 0.421. The second kappa shape index (κ2) is 6.21. The van der Waals surface area contributed by atoms with Crippen LogP contribution in [0.15, 0.2) is 30.3 Å². The van der Waals surface area contributed by atoms with Crippen LogP contribution in [0.3, 0.4) is 0 Å². The van der Waals surface area contributed by atoms with E-state index in [-0.39, 0.29) is 0 Å². The van der Waals surface area contributed by atoms with Crippen LogP contribution in [-0.2, 0) is 6.42 Å². The van der Waals surface area contributed by atoms with Crippen LogP contribution in [0.2, 0.25) is 0 Å². The molecule has 0 saturated heterocycles. The first-order valence-corrected chi connectivity index (χ1v) is 7.51. The van der Waals surface area contributed by atoms with Crippen molar-refractivity contribution in [3.05, 3.63) is 52.7 Å². The van der Waals surface area contributed by atoms with E-state index in [2.05, 4.69) is 65.0 Å². The van der Waals surface area contributed by atoms with Gasteiger partial charge in [-0.05, 0) is 62.8 Å². The van der Waals surface area contributed by atoms with Gasteiger partial charge in [-0.2, -0.15) is 0 Å². The molecule has 2 rings (SSSR count). The molecule has 20 heavy (non-hydrogen) atoms. The minimum Gasteiger partial charge on any atom is -0.253 e. The van der Waals surface area contributed by atoms with E-state index in [0.717, 1.165) is 18.0 Å². The standard InChI is InChI=1S/C19H25N/c1-13(2)9-10-17-7-6-8-18(20-17)19-15(4)11-14(3)12-16(19)5/h6-8,11-13H,9-10H2,1-5H3. The molecule has 0 bridgehead atoms. The first-order chi connectivity index (χ1) is 9.47. The summed E-state index contributed by atoms with van der Waals surface area (Å²) in [6.07, 6.45) is 2.26. The van der Waals surface area contributed by atoms with Gasteiger partial charge in [0.15, 0.2) is 0 Å². The van der Waals surface area contributed by atoms with E-state index in [1.54, 1.807) is 0 Å². The van der Waals surface area contributed by atoms with Crippen LogP contribution in [0.4, 0.5) is 0 Å². The highest BCUT2D eigenvalue weighted by Crippen LogP contribution is 2.27. The van der Waals surface area contributed by atoms with Crippen molar-refractivity contribution < 1.29 is 0 Å². The number of benzene rings is 1. The maximum Gasteiger partial charge on any atom is 0.0710 e. The highest BCUT2D eigenvalue weighted by Gasteiger charge is 2.09. The normalized spacial score (nSPS) is 11.1. The third-order valence-corrected chi connectivity index (χ3v) is 3.72. The molecule has 1 aromatic carbocycles. The Morgan fingerprint density at radius 2 is 1.65 bits per heavy atom. The second-order valence-corrected chi connectivity index (χ2v) is 6.22. The van der Waals surface area contributed by atoms with Crippen molar-refractivity contribution in [3.8, 4) is 11.3 Å². The van der Waals surface area contributed by atoms with Crippen LogP contribution in [0.5, 0.6) is 0 Å². The fourth-order valence-corrected chi connectivity index (χ4v) is 2.78. The van der Waals surface area contributed by atoms with Crippen LogP contribution in [0, 0.1) is 26.7 Å². The topological polar surface area (TPSA) is 12.9 Å². The first-order valence-electron chi connectivity index (χ1n) is 7.51. The van der Waals surface area contributed by atoms with E-state index in [9.17, 15) is 0 Å². The SMILES string of the molecule is Cc1cc(C)c(-c2cccc(CCC(C)C)n2)c(C)c1. The maximum absolute atomic E-state index is 4.87. The van der Waals surface area contributed by atoms with Crippen LogP contribution in [0.1, 0.15) is 42.7 Å². The van der Waals surface area contributed by atoms with Crippen molar-refractivity contribution in [1.29, 1.82) is 0 Å². The quantitative estimate of drug-likeness (QED) is 0.736. The summed E-state index contributed by atoms with van der Waals surface area (Å²) in [4.78, 5) is 4.87. The van der Waals surface area contributed by atoms with Gasteiger partial charge in [0.25, 0.3) is 0 Å². The van der Waals surface area contributed by atoms with Gasteiger partial charge in [0.2, 0.25) is 0 Å². The molecule has 0 aliphatic carbocycles. The highest BCUT2D eigenvalue weighted by atomic mass is 14.7. The maximum atomic E-state index is 4.87. The van der Waals surface area contributed by atoms with Crippen molar-refractivity contribution in [1.82, 2.24) is 4.98 Å². The van der Waals surface area contributed by atoms with Crippen molar-refractivity contribution in [2.75, 3.05) is 0 Å². The van der Waals surface area contributed by atoms with E-state index < -0.39 is 0 Å². The molecule has 0 fully saturated rings. The third kappa shape index (κ3) is 3.47. The van der Waals surface area contributed by atoms with Gasteiger partial charge in [-0.1, -0.05) is 37.6 Å². The number of rotatable bonds is 4. The molecular formula is C19H25N. The number of nitrogens with zero attached hydrogens (tertiary/aromatic N) is 1. The summed E-state index contributed by atoms with van der Waals surface area (Å²) in [7, 11) is 0. The number of hydrogen-bond donors (Lipinski definition) is 0. The van der Waals surface area contributed by atoms with E-state index in [1.807, 2.05) is 0 Å². The number of aromatic nitrogens is 1. The lowest BCUT2D eigenvalue weighted by Gasteiger charge is -2.12. The average molecular weight is 267 g/mol. The lowest BCUT2D eigenvalue weighted by molar-refractivity contribution is 0.581. The Morgan fingerprint density at radius 3 is 2.25 bits per heavy atom. The molecule has 1 aromatic heterocycles. The zero-order chi connectivity index (χ0) is 14.7. The smallest absolute Gasteiger partial charge is 0.0710 e. The molecule has 0 aliphatic rings. The molecule has 0 aliphatic heterocycles. The largest absolute Gasteiger partial charge is 0.253 e. The van der Waals surface area contributed by atoms with Crippen molar-refractivity contribution in [3.63, 3.8) is 0 Å². The summed E-state index contributed by atoms with van der Waals surface area (Å²) < 4.78 is 0. The van der Waals surface area contributed by atoms with Gasteiger partial charge in [0, 0.05) is 11.3 Å². The van der Waals surface area contributed by atoms with Gasteiger partial charge in [-0.25, -0.2) is 0 Å². The molecule has 0 N–H and O–H groups in total. The molecule has 1 heterocycles. The van der Waals surface area contributed by atoms with Crippen LogP contribution in [-0.4, -0.2) is 4.98 Å². The molecule has 1 nitrogen and oxygen atoms in total. The van der Waals surface area contributed by atoms with Crippen molar-refractivity contribution >= 4 is 0 Å². The summed E-state index contributed by atoms with van der Waals surface area (Å²) in [5, 5.41) is 0. The van der Waals surface area contributed by atoms with Crippen molar-refractivity contribution in [2.45, 2.75) is 47.5 Å². The molecule has 0 spiro atoms. The zero-order valence-corrected chi connectivity index (χ0v) is 13.3. The van der Waals surface area contributed by atoms with Crippen LogP contribution >= 0.6 is 0 Å². The molecule has 106 valence electrons. The lowest BCUT2D eigenvalue weighted by atomic mass is 9.96. The van der Waals surface area contributed by atoms with Gasteiger partial charge in [-0.15, -0.1) is 0 Å². The third-order valence-electron chi connectivity index (χ3n) is 3.72.